The van der Waals surface area contributed by atoms with E-state index in [9.17, 15) is 0 Å². The molecule has 1 aromatic rings. The highest BCUT2D eigenvalue weighted by Gasteiger charge is 2.12. The van der Waals surface area contributed by atoms with Gasteiger partial charge in [-0.25, -0.2) is 0 Å². The highest BCUT2D eigenvalue weighted by molar-refractivity contribution is 5.31. The Kier molecular flexibility index (Phi) is 7.08. The van der Waals surface area contributed by atoms with Crippen LogP contribution in [0.2, 0.25) is 0 Å². The summed E-state index contributed by atoms with van der Waals surface area (Å²) in [5.74, 6) is 1.71. The maximum absolute atomic E-state index is 5.77. The average Bonchev–Trinajstić information content (AvgIpc) is 2.37. The van der Waals surface area contributed by atoms with E-state index in [1.807, 2.05) is 0 Å². The van der Waals surface area contributed by atoms with Crippen LogP contribution < -0.4 is 10.1 Å². The summed E-state index contributed by atoms with van der Waals surface area (Å²) in [5.41, 5.74) is 1.56. The van der Waals surface area contributed by atoms with Crippen LogP contribution in [0.1, 0.15) is 53.0 Å². The first-order chi connectivity index (χ1) is 9.39. The summed E-state index contributed by atoms with van der Waals surface area (Å²) in [6, 6.07) is 8.49. The molecule has 0 saturated carbocycles. The van der Waals surface area contributed by atoms with Crippen LogP contribution in [-0.4, -0.2) is 19.7 Å². The third-order valence-electron chi connectivity index (χ3n) is 3.29. The van der Waals surface area contributed by atoms with E-state index in [-0.39, 0.29) is 5.41 Å². The van der Waals surface area contributed by atoms with Gasteiger partial charge in [0.15, 0.2) is 0 Å². The number of nitrogens with one attached hydrogen (secondary N) is 1. The molecule has 1 N–H and O–H groups in total. The second-order valence-electron chi connectivity index (χ2n) is 6.93. The third kappa shape index (κ3) is 6.95. The Balaban J connectivity index is 2.16. The van der Waals surface area contributed by atoms with Crippen LogP contribution in [0.15, 0.2) is 24.3 Å². The molecule has 2 nitrogen and oxygen atoms in total. The molecule has 0 aliphatic rings. The van der Waals surface area contributed by atoms with Gasteiger partial charge in [0, 0.05) is 0 Å². The van der Waals surface area contributed by atoms with Gasteiger partial charge >= 0.3 is 0 Å². The number of hydrogen-bond acceptors (Lipinski definition) is 2. The Hall–Kier alpha value is -1.02. The number of rotatable bonds is 8. The first kappa shape index (κ1) is 17.0. The standard InChI is InChI=1S/C18H31NO/c1-15(2)14-19-12-6-7-13-20-17-10-8-16(9-11-17)18(3,4)5/h8-11,15,19H,6-7,12-14H2,1-5H3. The van der Waals surface area contributed by atoms with E-state index in [2.05, 4.69) is 64.2 Å². The van der Waals surface area contributed by atoms with E-state index in [0.29, 0.717) is 0 Å². The molecule has 0 aromatic heterocycles. The summed E-state index contributed by atoms with van der Waals surface area (Å²) in [7, 11) is 0. The van der Waals surface area contributed by atoms with Crippen molar-refractivity contribution in [1.29, 1.82) is 0 Å². The van der Waals surface area contributed by atoms with E-state index in [4.69, 9.17) is 4.74 Å². The lowest BCUT2D eigenvalue weighted by atomic mass is 9.87. The third-order valence-corrected chi connectivity index (χ3v) is 3.29. The summed E-state index contributed by atoms with van der Waals surface area (Å²) in [6.07, 6.45) is 2.28. The minimum absolute atomic E-state index is 0.209. The molecule has 20 heavy (non-hydrogen) atoms. The molecule has 0 spiro atoms. The maximum Gasteiger partial charge on any atom is 0.119 e. The Labute approximate surface area is 124 Å². The lowest BCUT2D eigenvalue weighted by Crippen LogP contribution is -2.21. The minimum Gasteiger partial charge on any atom is -0.494 e. The lowest BCUT2D eigenvalue weighted by Gasteiger charge is -2.19. The van der Waals surface area contributed by atoms with Gasteiger partial charge in [-0.2, -0.15) is 0 Å². The monoisotopic (exact) mass is 277 g/mol. The van der Waals surface area contributed by atoms with Crippen molar-refractivity contribution >= 4 is 0 Å². The summed E-state index contributed by atoms with van der Waals surface area (Å²) in [4.78, 5) is 0. The Morgan fingerprint density at radius 3 is 2.25 bits per heavy atom. The maximum atomic E-state index is 5.77. The number of hydrogen-bond donors (Lipinski definition) is 1. The van der Waals surface area contributed by atoms with Crippen molar-refractivity contribution in [2.24, 2.45) is 5.92 Å². The molecule has 0 heterocycles. The molecule has 0 atom stereocenters. The van der Waals surface area contributed by atoms with Crippen LogP contribution in [0.4, 0.5) is 0 Å². The van der Waals surface area contributed by atoms with Crippen molar-refractivity contribution in [3.05, 3.63) is 29.8 Å². The van der Waals surface area contributed by atoms with Crippen molar-refractivity contribution in [2.75, 3.05) is 19.7 Å². The van der Waals surface area contributed by atoms with Crippen LogP contribution in [0, 0.1) is 5.92 Å². The fraction of sp³-hybridized carbons (Fsp3) is 0.667. The molecule has 0 bridgehead atoms. The van der Waals surface area contributed by atoms with E-state index in [1.165, 1.54) is 12.0 Å². The molecular weight excluding hydrogens is 246 g/mol. The second-order valence-corrected chi connectivity index (χ2v) is 6.93. The van der Waals surface area contributed by atoms with Gasteiger partial charge in [0.25, 0.3) is 0 Å². The molecule has 0 aliphatic carbocycles. The van der Waals surface area contributed by atoms with Gasteiger partial charge in [-0.15, -0.1) is 0 Å². The van der Waals surface area contributed by atoms with Crippen molar-refractivity contribution in [3.63, 3.8) is 0 Å². The van der Waals surface area contributed by atoms with Crippen LogP contribution in [0.25, 0.3) is 0 Å². The molecular formula is C18H31NO. The van der Waals surface area contributed by atoms with Gasteiger partial charge in [-0.3, -0.25) is 0 Å². The van der Waals surface area contributed by atoms with Crippen LogP contribution in [-0.2, 0) is 5.41 Å². The van der Waals surface area contributed by atoms with E-state index < -0.39 is 0 Å². The summed E-state index contributed by atoms with van der Waals surface area (Å²) >= 11 is 0. The highest BCUT2D eigenvalue weighted by Crippen LogP contribution is 2.24. The van der Waals surface area contributed by atoms with Crippen molar-refractivity contribution in [3.8, 4) is 5.75 Å². The molecule has 0 saturated heterocycles. The zero-order chi connectivity index (χ0) is 15.0. The second kappa shape index (κ2) is 8.31. The van der Waals surface area contributed by atoms with Crippen molar-refractivity contribution in [2.45, 2.75) is 52.9 Å². The van der Waals surface area contributed by atoms with E-state index in [1.54, 1.807) is 0 Å². The molecule has 1 rings (SSSR count). The summed E-state index contributed by atoms with van der Waals surface area (Å²) in [5, 5.41) is 3.45. The van der Waals surface area contributed by atoms with Crippen LogP contribution in [0.3, 0.4) is 0 Å². The van der Waals surface area contributed by atoms with Gasteiger partial charge in [0.1, 0.15) is 5.75 Å². The smallest absolute Gasteiger partial charge is 0.119 e. The quantitative estimate of drug-likeness (QED) is 0.712. The molecule has 1 aromatic carbocycles. The van der Waals surface area contributed by atoms with E-state index >= 15 is 0 Å². The predicted octanol–water partition coefficient (Wildman–Crippen LogP) is 4.39. The normalized spacial score (nSPS) is 11.9. The molecule has 0 aliphatic heterocycles. The number of benzene rings is 1. The summed E-state index contributed by atoms with van der Waals surface area (Å²) in [6.45, 7) is 14.2. The van der Waals surface area contributed by atoms with Crippen molar-refractivity contribution < 1.29 is 4.74 Å². The van der Waals surface area contributed by atoms with E-state index in [0.717, 1.165) is 37.8 Å². The fourth-order valence-corrected chi connectivity index (χ4v) is 1.98. The van der Waals surface area contributed by atoms with Gasteiger partial charge in [0.2, 0.25) is 0 Å². The topological polar surface area (TPSA) is 21.3 Å². The zero-order valence-electron chi connectivity index (χ0n) is 13.8. The SMILES string of the molecule is CC(C)CNCCCCOc1ccc(C(C)(C)C)cc1. The zero-order valence-corrected chi connectivity index (χ0v) is 13.8. The summed E-state index contributed by atoms with van der Waals surface area (Å²) < 4.78 is 5.77. The molecule has 2 heteroatoms. The average molecular weight is 277 g/mol. The lowest BCUT2D eigenvalue weighted by molar-refractivity contribution is 0.305. The largest absolute Gasteiger partial charge is 0.494 e. The first-order valence-corrected chi connectivity index (χ1v) is 7.83. The van der Waals surface area contributed by atoms with Crippen molar-refractivity contribution in [1.82, 2.24) is 5.32 Å². The number of ether oxygens (including phenoxy) is 1. The highest BCUT2D eigenvalue weighted by atomic mass is 16.5. The molecule has 0 amide bonds. The van der Waals surface area contributed by atoms with Gasteiger partial charge in [0.05, 0.1) is 6.61 Å². The van der Waals surface area contributed by atoms with Gasteiger partial charge < -0.3 is 10.1 Å². The van der Waals surface area contributed by atoms with Crippen LogP contribution >= 0.6 is 0 Å². The minimum atomic E-state index is 0.209. The molecule has 0 fully saturated rings. The number of unbranched alkanes of at least 4 members (excludes halogenated alkanes) is 1. The molecule has 0 unspecified atom stereocenters. The Bertz CT molecular complexity index is 362. The van der Waals surface area contributed by atoms with Gasteiger partial charge in [-0.1, -0.05) is 46.8 Å². The fourth-order valence-electron chi connectivity index (χ4n) is 1.98. The Morgan fingerprint density at radius 1 is 1.05 bits per heavy atom. The van der Waals surface area contributed by atoms with Crippen LogP contribution in [0.5, 0.6) is 5.75 Å². The molecule has 0 radical (unpaired) electrons. The molecule has 114 valence electrons. The van der Waals surface area contributed by atoms with Gasteiger partial charge in [-0.05, 0) is 55.0 Å². The Morgan fingerprint density at radius 2 is 1.70 bits per heavy atom. The predicted molar refractivity (Wildman–Crippen MR) is 87.6 cm³/mol. The first-order valence-electron chi connectivity index (χ1n) is 7.83.